The van der Waals surface area contributed by atoms with Gasteiger partial charge in [-0.05, 0) is 38.4 Å². The molecule has 4 rings (SSSR count). The molecule has 0 N–H and O–H groups in total. The summed E-state index contributed by atoms with van der Waals surface area (Å²) in [7, 11) is 0. The Morgan fingerprint density at radius 3 is 3.00 bits per heavy atom. The first-order chi connectivity index (χ1) is 11.3. The lowest BCUT2D eigenvalue weighted by molar-refractivity contribution is 0.194. The van der Waals surface area contributed by atoms with Crippen LogP contribution in [-0.2, 0) is 6.54 Å². The summed E-state index contributed by atoms with van der Waals surface area (Å²) in [6.07, 6.45) is 8.10. The fourth-order valence-corrected chi connectivity index (χ4v) is 3.28. The predicted molar refractivity (Wildman–Crippen MR) is 87.0 cm³/mol. The number of fused-ring (bicyclic) bond motifs is 1. The fourth-order valence-electron chi connectivity index (χ4n) is 3.28. The fraction of sp³-hybridized carbons (Fsp3) is 0.412. The van der Waals surface area contributed by atoms with Crippen LogP contribution in [0.1, 0.15) is 36.0 Å². The van der Waals surface area contributed by atoms with Crippen molar-refractivity contribution in [2.75, 3.05) is 13.1 Å². The topological polar surface area (TPSA) is 59.2 Å². The first-order valence-corrected chi connectivity index (χ1v) is 8.09. The molecule has 1 saturated heterocycles. The predicted octanol–water partition coefficient (Wildman–Crippen LogP) is 2.21. The lowest BCUT2D eigenvalue weighted by Crippen LogP contribution is -2.34. The molecule has 0 saturated carbocycles. The normalized spacial score (nSPS) is 19.3. The van der Waals surface area contributed by atoms with Gasteiger partial charge in [-0.1, -0.05) is 6.07 Å². The van der Waals surface area contributed by atoms with Crippen molar-refractivity contribution in [1.29, 1.82) is 0 Å². The molecule has 1 atom stereocenters. The highest BCUT2D eigenvalue weighted by atomic mass is 15.3. The number of hydrogen-bond donors (Lipinski definition) is 0. The Balaban J connectivity index is 1.51. The number of nitrogens with zero attached hydrogens (tertiary/aromatic N) is 6. The molecule has 0 spiro atoms. The van der Waals surface area contributed by atoms with Crippen molar-refractivity contribution in [2.24, 2.45) is 0 Å². The van der Waals surface area contributed by atoms with Crippen LogP contribution in [0, 0.1) is 6.92 Å². The Morgan fingerprint density at radius 1 is 1.17 bits per heavy atom. The molecule has 0 aromatic carbocycles. The molecule has 0 aliphatic carbocycles. The minimum Gasteiger partial charge on any atom is -0.297 e. The van der Waals surface area contributed by atoms with Crippen LogP contribution in [-0.4, -0.2) is 42.6 Å². The molecule has 118 valence electrons. The first kappa shape index (κ1) is 14.3. The number of aromatic nitrogens is 5. The molecule has 4 heterocycles. The lowest BCUT2D eigenvalue weighted by Gasteiger charge is -2.31. The number of piperidine rings is 1. The van der Waals surface area contributed by atoms with Crippen LogP contribution >= 0.6 is 0 Å². The second-order valence-corrected chi connectivity index (χ2v) is 6.21. The lowest BCUT2D eigenvalue weighted by atomic mass is 9.97. The van der Waals surface area contributed by atoms with Crippen LogP contribution < -0.4 is 0 Å². The highest BCUT2D eigenvalue weighted by Crippen LogP contribution is 2.26. The zero-order chi connectivity index (χ0) is 15.6. The molecule has 1 aliphatic heterocycles. The Hall–Kier alpha value is -2.34. The average molecular weight is 308 g/mol. The molecule has 1 aliphatic rings. The van der Waals surface area contributed by atoms with Gasteiger partial charge in [0.1, 0.15) is 5.82 Å². The molecule has 6 heteroatoms. The van der Waals surface area contributed by atoms with E-state index in [1.165, 1.54) is 6.42 Å². The van der Waals surface area contributed by atoms with Gasteiger partial charge in [0.2, 0.25) is 0 Å². The van der Waals surface area contributed by atoms with E-state index in [9.17, 15) is 0 Å². The number of hydrogen-bond acceptors (Lipinski definition) is 5. The smallest absolute Gasteiger partial charge is 0.160 e. The second-order valence-electron chi connectivity index (χ2n) is 6.21. The molecule has 1 unspecified atom stereocenters. The zero-order valence-electron chi connectivity index (χ0n) is 13.3. The summed E-state index contributed by atoms with van der Waals surface area (Å²) in [6, 6.07) is 6.03. The Kier molecular flexibility index (Phi) is 3.75. The van der Waals surface area contributed by atoms with Gasteiger partial charge in [-0.3, -0.25) is 19.3 Å². The summed E-state index contributed by atoms with van der Waals surface area (Å²) in [5.41, 5.74) is 2.91. The van der Waals surface area contributed by atoms with E-state index in [0.717, 1.165) is 48.9 Å². The number of aryl methyl sites for hydroxylation is 1. The van der Waals surface area contributed by atoms with Crippen LogP contribution in [0.3, 0.4) is 0 Å². The SMILES string of the molecule is Cc1cnc(CN2CCCC(c3nnc4ccccn34)C2)cn1. The van der Waals surface area contributed by atoms with E-state index < -0.39 is 0 Å². The first-order valence-electron chi connectivity index (χ1n) is 8.09. The van der Waals surface area contributed by atoms with E-state index in [1.54, 1.807) is 0 Å². The maximum atomic E-state index is 4.47. The summed E-state index contributed by atoms with van der Waals surface area (Å²) in [4.78, 5) is 11.3. The van der Waals surface area contributed by atoms with Crippen molar-refractivity contribution < 1.29 is 0 Å². The molecule has 0 radical (unpaired) electrons. The standard InChI is InChI=1S/C17H20N6/c1-13-9-19-15(10-18-13)12-22-7-4-5-14(11-22)17-21-20-16-6-2-3-8-23(16)17/h2-3,6,8-10,14H,4-5,7,11-12H2,1H3. The quantitative estimate of drug-likeness (QED) is 0.742. The van der Waals surface area contributed by atoms with Gasteiger partial charge in [-0.15, -0.1) is 10.2 Å². The molecular formula is C17H20N6. The van der Waals surface area contributed by atoms with Gasteiger partial charge in [0, 0.05) is 37.6 Å². The Morgan fingerprint density at radius 2 is 2.13 bits per heavy atom. The van der Waals surface area contributed by atoms with E-state index in [-0.39, 0.29) is 0 Å². The minimum atomic E-state index is 0.416. The average Bonchev–Trinajstić information content (AvgIpc) is 3.01. The largest absolute Gasteiger partial charge is 0.297 e. The van der Waals surface area contributed by atoms with Crippen molar-refractivity contribution in [1.82, 2.24) is 29.5 Å². The third kappa shape index (κ3) is 2.94. The van der Waals surface area contributed by atoms with Gasteiger partial charge in [-0.2, -0.15) is 0 Å². The molecule has 3 aromatic rings. The minimum absolute atomic E-state index is 0.416. The molecule has 6 nitrogen and oxygen atoms in total. The molecule has 0 bridgehead atoms. The maximum absolute atomic E-state index is 4.47. The van der Waals surface area contributed by atoms with Gasteiger partial charge in [0.05, 0.1) is 11.4 Å². The zero-order valence-corrected chi connectivity index (χ0v) is 13.3. The maximum Gasteiger partial charge on any atom is 0.160 e. The van der Waals surface area contributed by atoms with Gasteiger partial charge < -0.3 is 0 Å². The number of likely N-dealkylation sites (tertiary alicyclic amines) is 1. The molecule has 1 fully saturated rings. The van der Waals surface area contributed by atoms with Crippen LogP contribution in [0.2, 0.25) is 0 Å². The number of pyridine rings is 1. The van der Waals surface area contributed by atoms with Crippen LogP contribution in [0.5, 0.6) is 0 Å². The summed E-state index contributed by atoms with van der Waals surface area (Å²) in [6.45, 7) is 4.90. The molecule has 0 amide bonds. The van der Waals surface area contributed by atoms with Crippen molar-refractivity contribution in [3.63, 3.8) is 0 Å². The van der Waals surface area contributed by atoms with Crippen molar-refractivity contribution in [2.45, 2.75) is 32.2 Å². The van der Waals surface area contributed by atoms with Crippen molar-refractivity contribution in [3.05, 3.63) is 54.0 Å². The van der Waals surface area contributed by atoms with Gasteiger partial charge >= 0.3 is 0 Å². The Bertz CT molecular complexity index is 794. The summed E-state index contributed by atoms with van der Waals surface area (Å²) >= 11 is 0. The summed E-state index contributed by atoms with van der Waals surface area (Å²) in [5, 5.41) is 8.72. The molecule has 23 heavy (non-hydrogen) atoms. The third-order valence-electron chi connectivity index (χ3n) is 4.43. The van der Waals surface area contributed by atoms with Crippen LogP contribution in [0.15, 0.2) is 36.8 Å². The van der Waals surface area contributed by atoms with Crippen LogP contribution in [0.4, 0.5) is 0 Å². The molecule has 3 aromatic heterocycles. The Labute approximate surface area is 135 Å². The molecular weight excluding hydrogens is 288 g/mol. The van der Waals surface area contributed by atoms with Crippen LogP contribution in [0.25, 0.3) is 5.65 Å². The summed E-state index contributed by atoms with van der Waals surface area (Å²) in [5.74, 6) is 1.49. The monoisotopic (exact) mass is 308 g/mol. The van der Waals surface area contributed by atoms with Gasteiger partial charge in [0.15, 0.2) is 5.65 Å². The summed E-state index contributed by atoms with van der Waals surface area (Å²) < 4.78 is 2.11. The van der Waals surface area contributed by atoms with Crippen molar-refractivity contribution >= 4 is 5.65 Å². The van der Waals surface area contributed by atoms with E-state index >= 15 is 0 Å². The highest BCUT2D eigenvalue weighted by molar-refractivity contribution is 5.37. The van der Waals surface area contributed by atoms with Gasteiger partial charge in [0.25, 0.3) is 0 Å². The van der Waals surface area contributed by atoms with E-state index in [2.05, 4.69) is 35.7 Å². The third-order valence-corrected chi connectivity index (χ3v) is 4.43. The van der Waals surface area contributed by atoms with Gasteiger partial charge in [-0.25, -0.2) is 0 Å². The van der Waals surface area contributed by atoms with E-state index in [0.29, 0.717) is 5.92 Å². The second kappa shape index (κ2) is 6.04. The highest BCUT2D eigenvalue weighted by Gasteiger charge is 2.25. The number of rotatable bonds is 3. The van der Waals surface area contributed by atoms with E-state index in [4.69, 9.17) is 0 Å². The van der Waals surface area contributed by atoms with E-state index in [1.807, 2.05) is 37.5 Å². The van der Waals surface area contributed by atoms with Crippen molar-refractivity contribution in [3.8, 4) is 0 Å².